The number of carbonyl (C=O) groups is 2. The molecule has 0 fully saturated rings. The second-order valence-corrected chi connectivity index (χ2v) is 12.2. The zero-order chi connectivity index (χ0) is 27.3. The van der Waals surface area contributed by atoms with E-state index in [4.69, 9.17) is 4.74 Å². The molecule has 2 aromatic carbocycles. The van der Waals surface area contributed by atoms with Gasteiger partial charge in [-0.25, -0.2) is 8.42 Å². The average Bonchev–Trinajstić information content (AvgIpc) is 2.78. The fourth-order valence-corrected chi connectivity index (χ4v) is 4.65. The summed E-state index contributed by atoms with van der Waals surface area (Å²) in [7, 11) is -2.22. The molecule has 2 aromatic rings. The molecule has 0 saturated heterocycles. The monoisotopic (exact) mass is 517 g/mol. The van der Waals surface area contributed by atoms with Gasteiger partial charge in [-0.3, -0.25) is 13.9 Å². The van der Waals surface area contributed by atoms with Crippen molar-refractivity contribution < 1.29 is 22.7 Å². The number of anilines is 1. The summed E-state index contributed by atoms with van der Waals surface area (Å²) in [4.78, 5) is 28.2. The first kappa shape index (κ1) is 29.2. The van der Waals surface area contributed by atoms with Gasteiger partial charge in [0.15, 0.2) is 0 Å². The molecule has 0 radical (unpaired) electrons. The number of nitrogens with one attached hydrogen (secondary N) is 1. The maximum absolute atomic E-state index is 13.7. The first-order chi connectivity index (χ1) is 16.6. The summed E-state index contributed by atoms with van der Waals surface area (Å²) in [5.41, 5.74) is 1.57. The van der Waals surface area contributed by atoms with Crippen LogP contribution in [0.2, 0.25) is 0 Å². The Balaban J connectivity index is 2.46. The fourth-order valence-electron chi connectivity index (χ4n) is 3.78. The highest BCUT2D eigenvalue weighted by molar-refractivity contribution is 7.92. The quantitative estimate of drug-likeness (QED) is 0.515. The van der Waals surface area contributed by atoms with Crippen LogP contribution in [0.15, 0.2) is 48.5 Å². The van der Waals surface area contributed by atoms with E-state index in [1.54, 1.807) is 38.3 Å². The van der Waals surface area contributed by atoms with E-state index in [2.05, 4.69) is 5.32 Å². The lowest BCUT2D eigenvalue weighted by atomic mass is 10.0. The predicted molar refractivity (Wildman–Crippen MR) is 144 cm³/mol. The minimum absolute atomic E-state index is 0.0486. The molecule has 1 N–H and O–H groups in total. The standard InChI is InChI=1S/C27H39N3O5S/c1-19(2)23-11-9-10-12-24(23)30(36(8,33)34)18-25(31)29(20(3)26(32)28-27(4,5)6)17-21-13-15-22(35-7)16-14-21/h9-16,19-20H,17-18H2,1-8H3,(H,28,32)/t20-/m0/s1. The van der Waals surface area contributed by atoms with Gasteiger partial charge < -0.3 is 15.0 Å². The van der Waals surface area contributed by atoms with Gasteiger partial charge in [0.2, 0.25) is 21.8 Å². The third-order valence-electron chi connectivity index (χ3n) is 5.68. The topological polar surface area (TPSA) is 96.0 Å². The van der Waals surface area contributed by atoms with Gasteiger partial charge in [0, 0.05) is 12.1 Å². The summed E-state index contributed by atoms with van der Waals surface area (Å²) < 4.78 is 32.0. The third-order valence-corrected chi connectivity index (χ3v) is 6.81. The largest absolute Gasteiger partial charge is 0.497 e. The molecule has 0 bridgehead atoms. The Bertz CT molecular complexity index is 1150. The smallest absolute Gasteiger partial charge is 0.244 e. The number of carbonyl (C=O) groups excluding carboxylic acids is 2. The third kappa shape index (κ3) is 7.98. The Kier molecular flexibility index (Phi) is 9.54. The van der Waals surface area contributed by atoms with E-state index in [1.807, 2.05) is 58.9 Å². The van der Waals surface area contributed by atoms with Crippen LogP contribution in [-0.2, 0) is 26.2 Å². The Labute approximate surface area is 215 Å². The number of benzene rings is 2. The zero-order valence-corrected chi connectivity index (χ0v) is 23.3. The summed E-state index contributed by atoms with van der Waals surface area (Å²) in [5.74, 6) is -0.0830. The number of rotatable bonds is 10. The SMILES string of the molecule is COc1ccc(CN(C(=O)CN(c2ccccc2C(C)C)S(C)(=O)=O)[C@@H](C)C(=O)NC(C)(C)C)cc1. The van der Waals surface area contributed by atoms with Gasteiger partial charge >= 0.3 is 0 Å². The molecule has 198 valence electrons. The Morgan fingerprint density at radius 2 is 1.58 bits per heavy atom. The first-order valence-corrected chi connectivity index (χ1v) is 13.8. The molecule has 0 aliphatic heterocycles. The van der Waals surface area contributed by atoms with Crippen LogP contribution in [0.5, 0.6) is 5.75 Å². The van der Waals surface area contributed by atoms with Crippen LogP contribution in [0, 0.1) is 0 Å². The molecule has 0 spiro atoms. The van der Waals surface area contributed by atoms with Gasteiger partial charge in [0.05, 0.1) is 19.1 Å². The predicted octanol–water partition coefficient (Wildman–Crippen LogP) is 3.92. The lowest BCUT2D eigenvalue weighted by Gasteiger charge is -2.33. The Hall–Kier alpha value is -3.07. The molecule has 0 saturated carbocycles. The summed E-state index contributed by atoms with van der Waals surface area (Å²) in [5, 5.41) is 2.91. The van der Waals surface area contributed by atoms with Crippen molar-refractivity contribution in [3.8, 4) is 5.75 Å². The minimum Gasteiger partial charge on any atom is -0.497 e. The summed E-state index contributed by atoms with van der Waals surface area (Å²) in [6.45, 7) is 10.9. The maximum atomic E-state index is 13.7. The number of hydrogen-bond acceptors (Lipinski definition) is 5. The number of methoxy groups -OCH3 is 1. The van der Waals surface area contributed by atoms with Crippen molar-refractivity contribution in [1.29, 1.82) is 0 Å². The number of amides is 2. The van der Waals surface area contributed by atoms with Crippen molar-refractivity contribution >= 4 is 27.5 Å². The van der Waals surface area contributed by atoms with E-state index in [9.17, 15) is 18.0 Å². The summed E-state index contributed by atoms with van der Waals surface area (Å²) >= 11 is 0. The highest BCUT2D eigenvalue weighted by Crippen LogP contribution is 2.29. The lowest BCUT2D eigenvalue weighted by molar-refractivity contribution is -0.140. The highest BCUT2D eigenvalue weighted by Gasteiger charge is 2.32. The van der Waals surface area contributed by atoms with Crippen molar-refractivity contribution in [3.05, 3.63) is 59.7 Å². The second kappa shape index (κ2) is 11.8. The van der Waals surface area contributed by atoms with E-state index >= 15 is 0 Å². The number of para-hydroxylation sites is 1. The van der Waals surface area contributed by atoms with Gasteiger partial charge in [0.1, 0.15) is 18.3 Å². The number of hydrogen-bond donors (Lipinski definition) is 1. The van der Waals surface area contributed by atoms with Crippen LogP contribution in [0.1, 0.15) is 58.6 Å². The highest BCUT2D eigenvalue weighted by atomic mass is 32.2. The van der Waals surface area contributed by atoms with Crippen LogP contribution in [0.25, 0.3) is 0 Å². The van der Waals surface area contributed by atoms with Crippen LogP contribution in [-0.4, -0.2) is 56.6 Å². The molecule has 2 rings (SSSR count). The van der Waals surface area contributed by atoms with Crippen molar-refractivity contribution in [2.75, 3.05) is 24.2 Å². The van der Waals surface area contributed by atoms with Gasteiger partial charge in [-0.2, -0.15) is 0 Å². The second-order valence-electron chi connectivity index (χ2n) is 10.3. The molecule has 0 heterocycles. The molecule has 0 aliphatic carbocycles. The molecule has 36 heavy (non-hydrogen) atoms. The molecule has 1 atom stereocenters. The van der Waals surface area contributed by atoms with Crippen molar-refractivity contribution in [3.63, 3.8) is 0 Å². The molecule has 8 nitrogen and oxygen atoms in total. The van der Waals surface area contributed by atoms with Crippen LogP contribution in [0.4, 0.5) is 5.69 Å². The number of nitrogens with zero attached hydrogens (tertiary/aromatic N) is 2. The van der Waals surface area contributed by atoms with E-state index in [0.717, 1.165) is 21.7 Å². The fraction of sp³-hybridized carbons (Fsp3) is 0.481. The lowest BCUT2D eigenvalue weighted by Crippen LogP contribution is -2.54. The molecular weight excluding hydrogens is 478 g/mol. The van der Waals surface area contributed by atoms with Crippen molar-refractivity contribution in [2.24, 2.45) is 0 Å². The van der Waals surface area contributed by atoms with Gasteiger partial charge in [-0.15, -0.1) is 0 Å². The molecule has 2 amide bonds. The molecule has 0 aromatic heterocycles. The number of sulfonamides is 1. The zero-order valence-electron chi connectivity index (χ0n) is 22.5. The first-order valence-electron chi connectivity index (χ1n) is 11.9. The van der Waals surface area contributed by atoms with Crippen molar-refractivity contribution in [2.45, 2.75) is 65.6 Å². The van der Waals surface area contributed by atoms with E-state index in [1.165, 1.54) is 4.90 Å². The Morgan fingerprint density at radius 3 is 2.08 bits per heavy atom. The van der Waals surface area contributed by atoms with E-state index in [-0.39, 0.29) is 18.4 Å². The van der Waals surface area contributed by atoms with E-state index in [0.29, 0.717) is 11.4 Å². The molecule has 0 unspecified atom stereocenters. The number of ether oxygens (including phenoxy) is 1. The van der Waals surface area contributed by atoms with Gasteiger partial charge in [0.25, 0.3) is 0 Å². The Morgan fingerprint density at radius 1 is 1.00 bits per heavy atom. The van der Waals surface area contributed by atoms with E-state index < -0.39 is 34.1 Å². The van der Waals surface area contributed by atoms with Crippen molar-refractivity contribution in [1.82, 2.24) is 10.2 Å². The van der Waals surface area contributed by atoms with Gasteiger partial charge in [-0.05, 0) is 62.9 Å². The minimum atomic E-state index is -3.79. The maximum Gasteiger partial charge on any atom is 0.244 e. The van der Waals surface area contributed by atoms with Gasteiger partial charge in [-0.1, -0.05) is 44.2 Å². The summed E-state index contributed by atoms with van der Waals surface area (Å²) in [6, 6.07) is 13.5. The summed E-state index contributed by atoms with van der Waals surface area (Å²) in [6.07, 6.45) is 1.08. The molecule has 0 aliphatic rings. The average molecular weight is 518 g/mol. The normalized spacial score (nSPS) is 12.7. The molecular formula is C27H39N3O5S. The molecule has 9 heteroatoms. The van der Waals surface area contributed by atoms with Crippen LogP contribution >= 0.6 is 0 Å². The van der Waals surface area contributed by atoms with Crippen LogP contribution in [0.3, 0.4) is 0 Å². The van der Waals surface area contributed by atoms with Crippen LogP contribution < -0.4 is 14.4 Å².